The molecule has 3 rings (SSSR count). The molecule has 0 atom stereocenters. The fourth-order valence-corrected chi connectivity index (χ4v) is 2.80. The Bertz CT molecular complexity index is 1100. The van der Waals surface area contributed by atoms with Gasteiger partial charge in [-0.25, -0.2) is 5.43 Å². The van der Waals surface area contributed by atoms with Crippen LogP contribution in [0, 0.1) is 0 Å². The fraction of sp³-hybridized carbons (Fsp3) is 0.0870. The number of hydrogen-bond donors (Lipinski definition) is 2. The zero-order valence-corrected chi connectivity index (χ0v) is 17.6. The average molecular weight is 438 g/mol. The summed E-state index contributed by atoms with van der Waals surface area (Å²) in [6, 6.07) is 18.3. The zero-order valence-electron chi connectivity index (χ0n) is 16.9. The average Bonchev–Trinajstić information content (AvgIpc) is 2.79. The van der Waals surface area contributed by atoms with Crippen LogP contribution in [0.4, 0.5) is 5.69 Å². The van der Waals surface area contributed by atoms with Crippen molar-refractivity contribution in [3.05, 3.63) is 88.4 Å². The van der Waals surface area contributed by atoms with Gasteiger partial charge < -0.3 is 14.8 Å². The number of carbonyl (C=O) groups is 2. The van der Waals surface area contributed by atoms with E-state index in [1.54, 1.807) is 80.9 Å². The first-order valence-electron chi connectivity index (χ1n) is 9.22. The van der Waals surface area contributed by atoms with Crippen LogP contribution in [0.15, 0.2) is 71.8 Å². The largest absolute Gasteiger partial charge is 0.493 e. The lowest BCUT2D eigenvalue weighted by molar-refractivity contribution is 0.0954. The lowest BCUT2D eigenvalue weighted by Gasteiger charge is -2.07. The highest BCUT2D eigenvalue weighted by atomic mass is 35.5. The number of amides is 2. The number of anilines is 1. The van der Waals surface area contributed by atoms with E-state index < -0.39 is 0 Å². The second kappa shape index (κ2) is 10.3. The van der Waals surface area contributed by atoms with Crippen LogP contribution in [0.1, 0.15) is 26.3 Å². The van der Waals surface area contributed by atoms with E-state index in [0.717, 1.165) is 5.56 Å². The van der Waals surface area contributed by atoms with Crippen LogP contribution in [0.5, 0.6) is 11.5 Å². The minimum atomic E-state index is -0.382. The Kier molecular flexibility index (Phi) is 7.24. The Morgan fingerprint density at radius 3 is 2.10 bits per heavy atom. The van der Waals surface area contributed by atoms with Gasteiger partial charge in [0.1, 0.15) is 0 Å². The summed E-state index contributed by atoms with van der Waals surface area (Å²) in [7, 11) is 3.10. The maximum atomic E-state index is 12.3. The summed E-state index contributed by atoms with van der Waals surface area (Å²) in [5.74, 6) is 0.515. The van der Waals surface area contributed by atoms with Gasteiger partial charge >= 0.3 is 0 Å². The van der Waals surface area contributed by atoms with Crippen LogP contribution < -0.4 is 20.2 Å². The standard InChI is InChI=1S/C23H20ClN3O4/c1-30-20-12-3-15(13-21(20)31-2)14-25-27-23(29)17-6-10-19(11-7-17)26-22(28)16-4-8-18(24)9-5-16/h3-14H,1-2H3,(H,26,28)(H,27,29)/b25-14+. The molecule has 0 aliphatic heterocycles. The van der Waals surface area contributed by atoms with Crippen molar-refractivity contribution in [1.82, 2.24) is 5.43 Å². The molecule has 0 unspecified atom stereocenters. The Morgan fingerprint density at radius 2 is 1.45 bits per heavy atom. The van der Waals surface area contributed by atoms with Crippen molar-refractivity contribution in [2.45, 2.75) is 0 Å². The second-order valence-corrected chi connectivity index (χ2v) is 6.79. The third-order valence-corrected chi connectivity index (χ3v) is 4.55. The van der Waals surface area contributed by atoms with Gasteiger partial charge in [0.25, 0.3) is 11.8 Å². The quantitative estimate of drug-likeness (QED) is 0.424. The number of rotatable bonds is 7. The third kappa shape index (κ3) is 5.83. The monoisotopic (exact) mass is 437 g/mol. The molecule has 2 N–H and O–H groups in total. The molecule has 0 aromatic heterocycles. The van der Waals surface area contributed by atoms with E-state index in [1.165, 1.54) is 6.21 Å². The summed E-state index contributed by atoms with van der Waals surface area (Å²) in [5, 5.41) is 7.28. The summed E-state index contributed by atoms with van der Waals surface area (Å²) in [4.78, 5) is 24.5. The molecule has 0 fully saturated rings. The Hall–Kier alpha value is -3.84. The molecule has 3 aromatic rings. The first-order chi connectivity index (χ1) is 15.0. The molecule has 158 valence electrons. The van der Waals surface area contributed by atoms with Gasteiger partial charge in [-0.15, -0.1) is 0 Å². The molecule has 0 saturated carbocycles. The summed E-state index contributed by atoms with van der Waals surface area (Å²) < 4.78 is 10.4. The van der Waals surface area contributed by atoms with Crippen LogP contribution >= 0.6 is 11.6 Å². The topological polar surface area (TPSA) is 89.0 Å². The first kappa shape index (κ1) is 21.9. The van der Waals surface area contributed by atoms with Crippen LogP contribution in [0.25, 0.3) is 0 Å². The van der Waals surface area contributed by atoms with E-state index in [0.29, 0.717) is 33.3 Å². The minimum absolute atomic E-state index is 0.270. The summed E-state index contributed by atoms with van der Waals surface area (Å²) in [6.45, 7) is 0. The van der Waals surface area contributed by atoms with Gasteiger partial charge in [-0.3, -0.25) is 9.59 Å². The lowest BCUT2D eigenvalue weighted by Crippen LogP contribution is -2.17. The molecule has 0 saturated heterocycles. The van der Waals surface area contributed by atoms with Gasteiger partial charge in [-0.1, -0.05) is 11.6 Å². The Balaban J connectivity index is 1.58. The third-order valence-electron chi connectivity index (χ3n) is 4.30. The van der Waals surface area contributed by atoms with Crippen LogP contribution in [-0.4, -0.2) is 32.2 Å². The van der Waals surface area contributed by atoms with E-state index in [2.05, 4.69) is 15.8 Å². The normalized spacial score (nSPS) is 10.5. The molecular weight excluding hydrogens is 418 g/mol. The molecule has 0 aliphatic carbocycles. The van der Waals surface area contributed by atoms with Gasteiger partial charge in [0.15, 0.2) is 11.5 Å². The number of methoxy groups -OCH3 is 2. The predicted octanol–water partition coefficient (Wildman–Crippen LogP) is 4.37. The number of ether oxygens (including phenoxy) is 2. The number of hydrazone groups is 1. The van der Waals surface area contributed by atoms with Gasteiger partial charge in [0.05, 0.1) is 20.4 Å². The van der Waals surface area contributed by atoms with Gasteiger partial charge in [0.2, 0.25) is 0 Å². The molecule has 7 nitrogen and oxygen atoms in total. The minimum Gasteiger partial charge on any atom is -0.493 e. The maximum Gasteiger partial charge on any atom is 0.271 e. The van der Waals surface area contributed by atoms with Crippen molar-refractivity contribution >= 4 is 35.3 Å². The molecule has 3 aromatic carbocycles. The van der Waals surface area contributed by atoms with E-state index in [9.17, 15) is 9.59 Å². The number of hydrogen-bond acceptors (Lipinski definition) is 5. The predicted molar refractivity (Wildman–Crippen MR) is 120 cm³/mol. The van der Waals surface area contributed by atoms with Crippen molar-refractivity contribution in [2.75, 3.05) is 19.5 Å². The molecule has 0 radical (unpaired) electrons. The molecule has 0 bridgehead atoms. The van der Waals surface area contributed by atoms with Crippen molar-refractivity contribution in [2.24, 2.45) is 5.10 Å². The van der Waals surface area contributed by atoms with Crippen LogP contribution in [0.2, 0.25) is 5.02 Å². The van der Waals surface area contributed by atoms with Crippen molar-refractivity contribution in [3.63, 3.8) is 0 Å². The summed E-state index contributed by atoms with van der Waals surface area (Å²) in [6.07, 6.45) is 1.50. The molecule has 0 heterocycles. The van der Waals surface area contributed by atoms with E-state index in [-0.39, 0.29) is 11.8 Å². The first-order valence-corrected chi connectivity index (χ1v) is 9.60. The molecule has 0 spiro atoms. The Morgan fingerprint density at radius 1 is 0.839 bits per heavy atom. The van der Waals surface area contributed by atoms with E-state index in [1.807, 2.05) is 0 Å². The van der Waals surface area contributed by atoms with E-state index >= 15 is 0 Å². The lowest BCUT2D eigenvalue weighted by atomic mass is 10.1. The smallest absolute Gasteiger partial charge is 0.271 e. The Labute approximate surface area is 184 Å². The summed E-state index contributed by atoms with van der Waals surface area (Å²) in [5.41, 5.74) is 4.64. The van der Waals surface area contributed by atoms with E-state index in [4.69, 9.17) is 21.1 Å². The number of nitrogens with zero attached hydrogens (tertiary/aromatic N) is 1. The summed E-state index contributed by atoms with van der Waals surface area (Å²) >= 11 is 5.83. The number of carbonyl (C=O) groups excluding carboxylic acids is 2. The number of halogens is 1. The van der Waals surface area contributed by atoms with Crippen molar-refractivity contribution in [1.29, 1.82) is 0 Å². The van der Waals surface area contributed by atoms with Crippen LogP contribution in [0.3, 0.4) is 0 Å². The van der Waals surface area contributed by atoms with Gasteiger partial charge in [-0.2, -0.15) is 5.10 Å². The van der Waals surface area contributed by atoms with Gasteiger partial charge in [-0.05, 0) is 72.3 Å². The highest BCUT2D eigenvalue weighted by molar-refractivity contribution is 6.30. The molecule has 31 heavy (non-hydrogen) atoms. The fourth-order valence-electron chi connectivity index (χ4n) is 2.67. The SMILES string of the molecule is COc1ccc(/C=N/NC(=O)c2ccc(NC(=O)c3ccc(Cl)cc3)cc2)cc1OC. The molecule has 0 aliphatic rings. The molecular formula is C23H20ClN3O4. The van der Waals surface area contributed by atoms with Gasteiger partial charge in [0, 0.05) is 21.8 Å². The molecule has 8 heteroatoms. The number of nitrogens with one attached hydrogen (secondary N) is 2. The zero-order chi connectivity index (χ0) is 22.2. The van der Waals surface area contributed by atoms with Crippen molar-refractivity contribution in [3.8, 4) is 11.5 Å². The van der Waals surface area contributed by atoms with Crippen LogP contribution in [-0.2, 0) is 0 Å². The van der Waals surface area contributed by atoms with Crippen molar-refractivity contribution < 1.29 is 19.1 Å². The number of benzene rings is 3. The molecule has 2 amide bonds. The highest BCUT2D eigenvalue weighted by Gasteiger charge is 2.08. The second-order valence-electron chi connectivity index (χ2n) is 6.35. The highest BCUT2D eigenvalue weighted by Crippen LogP contribution is 2.26. The maximum absolute atomic E-state index is 12.3.